The van der Waals surface area contributed by atoms with Crippen molar-refractivity contribution in [3.05, 3.63) is 12.2 Å². The first kappa shape index (κ1) is 87.6. The molecule has 2 fully saturated rings. The van der Waals surface area contributed by atoms with Crippen LogP contribution in [0.4, 0.5) is 0 Å². The van der Waals surface area contributed by atoms with Gasteiger partial charge in [0.25, 0.3) is 0 Å². The SMILES string of the molecule is C/C=C/C[C@@H](C)[C@@H](O)[C@H]1C(=O)N[C@@H](CC)C(=O)N(C)[C@H](C)C(=O)N(C)[C@@H]([C@H](CN2CCN(CCOC)CC2)OC)C(=O)C[C@@H](C(C)C)C(=O)N(C)[C@@H](CC(C)C)C(=O)C[C@@H](C)C(=O)C[C@H](C)C(=O)N(C)[C@@H](CC(C)C)C(=O)CN(C)[C@@H](CC(C)C)C(=O)N(C)[C@@H](C(C)C)C(=O)N1C. The van der Waals surface area contributed by atoms with E-state index in [4.69, 9.17) is 9.47 Å². The molecule has 0 aromatic rings. The van der Waals surface area contributed by atoms with Gasteiger partial charge in [0.2, 0.25) is 41.4 Å². The number of hydrogen-bond donors (Lipinski definition) is 2. The van der Waals surface area contributed by atoms with Gasteiger partial charge in [-0.15, -0.1) is 0 Å². The fourth-order valence-corrected chi connectivity index (χ4v) is 13.5. The molecule has 2 rings (SSSR count). The summed E-state index contributed by atoms with van der Waals surface area (Å²) in [6.07, 6.45) is 1.44. The molecule has 0 spiro atoms. The van der Waals surface area contributed by atoms with E-state index in [0.29, 0.717) is 39.2 Å². The van der Waals surface area contributed by atoms with E-state index in [-0.39, 0.29) is 93.1 Å². The lowest BCUT2D eigenvalue weighted by Crippen LogP contribution is -2.63. The average molecular weight is 1370 g/mol. The first-order chi connectivity index (χ1) is 45.2. The Labute approximate surface area is 583 Å². The molecular weight excluding hydrogens is 1240 g/mol. The lowest BCUT2D eigenvalue weighted by atomic mass is 9.84. The monoisotopic (exact) mass is 1370 g/mol. The number of likely N-dealkylation sites (N-methyl/N-ethyl adjacent to an activating group) is 7. The van der Waals surface area contributed by atoms with E-state index in [1.807, 2.05) is 68.4 Å². The number of carbonyl (C=O) groups is 11. The summed E-state index contributed by atoms with van der Waals surface area (Å²) >= 11 is 0. The van der Waals surface area contributed by atoms with Gasteiger partial charge in [-0.05, 0) is 88.5 Å². The van der Waals surface area contributed by atoms with Crippen LogP contribution in [0.3, 0.4) is 0 Å². The molecule has 0 aliphatic carbocycles. The van der Waals surface area contributed by atoms with Crippen LogP contribution in [0.15, 0.2) is 12.2 Å². The second-order valence-electron chi connectivity index (χ2n) is 30.1. The van der Waals surface area contributed by atoms with E-state index >= 15 is 28.8 Å². The summed E-state index contributed by atoms with van der Waals surface area (Å²) in [4.78, 5) is 178. The topological polar surface area (TPSA) is 268 Å². The number of ether oxygens (including phenoxy) is 2. The number of allylic oxidation sites excluding steroid dienone is 2. The molecule has 2 aliphatic heterocycles. The summed E-state index contributed by atoms with van der Waals surface area (Å²) in [5.41, 5.74) is 0. The zero-order valence-electron chi connectivity index (χ0n) is 64.2. The molecule has 14 atom stereocenters. The normalized spacial score (nSPS) is 28.0. The molecule has 0 saturated carbocycles. The highest BCUT2D eigenvalue weighted by Gasteiger charge is 2.46. The molecule has 24 heteroatoms. The summed E-state index contributed by atoms with van der Waals surface area (Å²) in [5, 5.41) is 15.1. The molecule has 0 aromatic heterocycles. The van der Waals surface area contributed by atoms with Gasteiger partial charge in [-0.3, -0.25) is 67.4 Å². The van der Waals surface area contributed by atoms with Gasteiger partial charge in [0.05, 0.1) is 43.5 Å². The standard InChI is InChI=1S/C73H130N10O14/c1-26-28-29-49(13)66(88)65-67(89)74-54(27-2)71(93)76(18)52(16)69(91)80(22)64(62(97-25)43-83-32-30-82(31-33-83)34-35-96-24)60(86)41-53(47(9)10)70(92)78(20)55(36-44(3)4)59(85)39-50(14)58(84)40-51(15)68(90)77(19)56(37-45(5)6)61(87)42-75(17)57(38-46(7)8)72(94)79(21)63(48(11)12)73(95)81(65)23/h26,28,44-57,62-66,88H,27,29-43H2,1-25H3,(H,74,89)/b28-26+/t49-,50-,51+,52-,53+,54+,55+,56+,57+,62+,63+,64-,65+,66-/m1/s1. The van der Waals surface area contributed by atoms with Crippen molar-refractivity contribution in [1.82, 2.24) is 49.4 Å². The number of rotatable bonds is 20. The molecule has 97 heavy (non-hydrogen) atoms. The summed E-state index contributed by atoms with van der Waals surface area (Å²) in [7, 11) is 13.6. The Balaban J connectivity index is 3.05. The molecular formula is C73H130N10O14. The zero-order valence-corrected chi connectivity index (χ0v) is 64.2. The number of nitrogens with one attached hydrogen (secondary N) is 1. The summed E-state index contributed by atoms with van der Waals surface area (Å²) < 4.78 is 11.5. The number of nitrogens with zero attached hydrogens (tertiary/aromatic N) is 9. The first-order valence-electron chi connectivity index (χ1n) is 35.6. The Kier molecular flexibility index (Phi) is 37.3. The maximum Gasteiger partial charge on any atom is 0.246 e. The van der Waals surface area contributed by atoms with Gasteiger partial charge in [0.15, 0.2) is 17.3 Å². The van der Waals surface area contributed by atoms with Gasteiger partial charge in [0, 0.05) is 133 Å². The van der Waals surface area contributed by atoms with Gasteiger partial charge >= 0.3 is 0 Å². The molecule has 0 aromatic carbocycles. The van der Waals surface area contributed by atoms with E-state index in [1.54, 1.807) is 66.7 Å². The van der Waals surface area contributed by atoms with Crippen LogP contribution in [0.2, 0.25) is 0 Å². The number of aliphatic hydroxyl groups excluding tert-OH is 1. The maximum absolute atomic E-state index is 15.5. The van der Waals surface area contributed by atoms with Crippen molar-refractivity contribution in [3.8, 4) is 0 Å². The van der Waals surface area contributed by atoms with Crippen molar-refractivity contribution in [2.75, 3.05) is 116 Å². The van der Waals surface area contributed by atoms with Crippen LogP contribution in [-0.2, 0) is 62.2 Å². The van der Waals surface area contributed by atoms with Crippen LogP contribution < -0.4 is 5.32 Å². The quantitative estimate of drug-likeness (QED) is 0.148. The average Bonchev–Trinajstić information content (AvgIpc) is 0.811. The van der Waals surface area contributed by atoms with Crippen molar-refractivity contribution < 1.29 is 67.3 Å². The van der Waals surface area contributed by atoms with Crippen LogP contribution in [0.25, 0.3) is 0 Å². The third-order valence-corrected chi connectivity index (χ3v) is 20.1. The third-order valence-electron chi connectivity index (χ3n) is 20.1. The molecule has 556 valence electrons. The molecule has 0 bridgehead atoms. The van der Waals surface area contributed by atoms with E-state index in [0.717, 1.165) is 11.4 Å². The zero-order chi connectivity index (χ0) is 74.4. The molecule has 2 aliphatic rings. The van der Waals surface area contributed by atoms with Crippen LogP contribution in [0, 0.1) is 53.3 Å². The minimum atomic E-state index is -1.61. The largest absolute Gasteiger partial charge is 0.390 e. The highest BCUT2D eigenvalue weighted by molar-refractivity contribution is 5.99. The highest BCUT2D eigenvalue weighted by atomic mass is 16.5. The number of carbonyl (C=O) groups excluding carboxylic acids is 11. The van der Waals surface area contributed by atoms with E-state index in [2.05, 4.69) is 15.1 Å². The van der Waals surface area contributed by atoms with Crippen LogP contribution in [0.5, 0.6) is 0 Å². The number of methoxy groups -OCH3 is 2. The predicted octanol–water partition coefficient (Wildman–Crippen LogP) is 5.20. The summed E-state index contributed by atoms with van der Waals surface area (Å²) in [6.45, 7) is 32.5. The van der Waals surface area contributed by atoms with Gasteiger partial charge in [-0.25, -0.2) is 0 Å². The fraction of sp³-hybridized carbons (Fsp3) is 0.822. The Morgan fingerprint density at radius 2 is 1.02 bits per heavy atom. The van der Waals surface area contributed by atoms with Crippen LogP contribution in [0.1, 0.15) is 162 Å². The van der Waals surface area contributed by atoms with E-state index in [1.165, 1.54) is 80.8 Å². The molecule has 7 amide bonds. The van der Waals surface area contributed by atoms with Crippen molar-refractivity contribution in [1.29, 1.82) is 0 Å². The summed E-state index contributed by atoms with van der Waals surface area (Å²) in [5.74, 6) is -10.5. The Morgan fingerprint density at radius 1 is 0.526 bits per heavy atom. The second-order valence-corrected chi connectivity index (χ2v) is 30.1. The molecule has 2 N–H and O–H groups in total. The molecule has 0 unspecified atom stereocenters. The van der Waals surface area contributed by atoms with E-state index < -0.39 is 143 Å². The Bertz CT molecular complexity index is 2630. The lowest BCUT2D eigenvalue weighted by molar-refractivity contribution is -0.155. The van der Waals surface area contributed by atoms with Crippen molar-refractivity contribution >= 4 is 64.5 Å². The van der Waals surface area contributed by atoms with Gasteiger partial charge in [-0.2, -0.15) is 0 Å². The fourth-order valence-electron chi connectivity index (χ4n) is 13.5. The van der Waals surface area contributed by atoms with Crippen molar-refractivity contribution in [3.63, 3.8) is 0 Å². The number of aliphatic hydroxyl groups is 1. The van der Waals surface area contributed by atoms with Crippen LogP contribution >= 0.6 is 0 Å². The highest BCUT2D eigenvalue weighted by Crippen LogP contribution is 2.29. The number of hydrogen-bond acceptors (Lipinski definition) is 17. The number of piperazine rings is 1. The third kappa shape index (κ3) is 24.9. The van der Waals surface area contributed by atoms with E-state index in [9.17, 15) is 29.1 Å². The first-order valence-corrected chi connectivity index (χ1v) is 35.6. The minimum Gasteiger partial charge on any atom is -0.390 e. The van der Waals surface area contributed by atoms with Gasteiger partial charge < -0.3 is 49.3 Å². The van der Waals surface area contributed by atoms with Crippen molar-refractivity contribution in [2.45, 2.75) is 223 Å². The number of ketones is 4. The number of amides is 7. The lowest BCUT2D eigenvalue weighted by Gasteiger charge is -2.41. The molecule has 24 nitrogen and oxygen atoms in total. The smallest absolute Gasteiger partial charge is 0.246 e. The number of Topliss-reactive ketones (excluding diaryl/α,β-unsaturated/α-hetero) is 4. The Morgan fingerprint density at radius 3 is 1.52 bits per heavy atom. The second kappa shape index (κ2) is 41.3. The minimum absolute atomic E-state index is 0.00868. The summed E-state index contributed by atoms with van der Waals surface area (Å²) in [6, 6.07) is -9.59. The predicted molar refractivity (Wildman–Crippen MR) is 378 cm³/mol. The Hall–Kier alpha value is -5.53. The van der Waals surface area contributed by atoms with Gasteiger partial charge in [-0.1, -0.05) is 109 Å². The van der Waals surface area contributed by atoms with Crippen LogP contribution in [-0.4, -0.2) is 290 Å². The van der Waals surface area contributed by atoms with Gasteiger partial charge in [0.1, 0.15) is 36.0 Å². The molecule has 2 saturated heterocycles. The van der Waals surface area contributed by atoms with Crippen molar-refractivity contribution in [2.24, 2.45) is 53.3 Å². The maximum atomic E-state index is 15.5. The molecule has 2 heterocycles. The molecule has 0 radical (unpaired) electrons.